The summed E-state index contributed by atoms with van der Waals surface area (Å²) < 4.78 is 0. The Morgan fingerprint density at radius 2 is 1.44 bits per heavy atom. The summed E-state index contributed by atoms with van der Waals surface area (Å²) in [4.78, 5) is 0. The molecule has 0 atom stereocenters. The monoisotopic (exact) mass is 208 g/mol. The van der Waals surface area contributed by atoms with Crippen LogP contribution in [0, 0.1) is 0 Å². The van der Waals surface area contributed by atoms with E-state index in [2.05, 4.69) is 73.7 Å². The third kappa shape index (κ3) is 2.60. The van der Waals surface area contributed by atoms with Crippen LogP contribution in [0.3, 0.4) is 0 Å². The lowest BCUT2D eigenvalue weighted by Crippen LogP contribution is -1.89. The minimum Gasteiger partial charge on any atom is -0.0835 e. The van der Waals surface area contributed by atoms with Gasteiger partial charge in [-0.2, -0.15) is 0 Å². The Bertz CT molecular complexity index is 452. The standard InChI is InChI=1S/C16H16/c1-2-15(16-11-7-4-8-12-16)13-14-9-5-3-6-10-14/h2-12H,13H2,1H3/b15-2+. The Hall–Kier alpha value is -1.82. The van der Waals surface area contributed by atoms with Gasteiger partial charge >= 0.3 is 0 Å². The molecule has 0 fully saturated rings. The Balaban J connectivity index is 2.20. The third-order valence-electron chi connectivity index (χ3n) is 2.73. The predicted molar refractivity (Wildman–Crippen MR) is 70.2 cm³/mol. The van der Waals surface area contributed by atoms with Crippen LogP contribution in [0.5, 0.6) is 0 Å². The molecule has 0 spiro atoms. The van der Waals surface area contributed by atoms with Crippen LogP contribution in [0.2, 0.25) is 0 Å². The molecule has 0 saturated carbocycles. The van der Waals surface area contributed by atoms with E-state index in [9.17, 15) is 0 Å². The molecule has 0 aliphatic rings. The fourth-order valence-electron chi connectivity index (χ4n) is 1.84. The van der Waals surface area contributed by atoms with Crippen LogP contribution in [0.4, 0.5) is 0 Å². The lowest BCUT2D eigenvalue weighted by Gasteiger charge is -2.07. The maximum atomic E-state index is 2.20. The molecule has 0 aliphatic carbocycles. The highest BCUT2D eigenvalue weighted by atomic mass is 14.1. The summed E-state index contributed by atoms with van der Waals surface area (Å²) in [6.45, 7) is 2.10. The van der Waals surface area contributed by atoms with Crippen LogP contribution in [0.15, 0.2) is 66.7 Å². The maximum absolute atomic E-state index is 2.20. The number of hydrogen-bond donors (Lipinski definition) is 0. The van der Waals surface area contributed by atoms with E-state index in [1.165, 1.54) is 16.7 Å². The zero-order valence-electron chi connectivity index (χ0n) is 9.56. The van der Waals surface area contributed by atoms with E-state index < -0.39 is 0 Å². The fourth-order valence-corrected chi connectivity index (χ4v) is 1.84. The Labute approximate surface area is 97.3 Å². The normalized spacial score (nSPS) is 11.4. The Kier molecular flexibility index (Phi) is 3.55. The SMILES string of the molecule is C/C=C(\Cc1ccccc1)c1ccccc1. The van der Waals surface area contributed by atoms with E-state index in [1.54, 1.807) is 0 Å². The van der Waals surface area contributed by atoms with Gasteiger partial charge in [0.05, 0.1) is 0 Å². The van der Waals surface area contributed by atoms with E-state index in [0.29, 0.717) is 0 Å². The summed E-state index contributed by atoms with van der Waals surface area (Å²) in [7, 11) is 0. The summed E-state index contributed by atoms with van der Waals surface area (Å²) in [5.41, 5.74) is 4.06. The predicted octanol–water partition coefficient (Wildman–Crippen LogP) is 4.33. The summed E-state index contributed by atoms with van der Waals surface area (Å²) in [6.07, 6.45) is 3.20. The van der Waals surface area contributed by atoms with Crippen molar-refractivity contribution in [3.8, 4) is 0 Å². The zero-order chi connectivity index (χ0) is 11.2. The zero-order valence-corrected chi connectivity index (χ0v) is 9.56. The molecule has 0 unspecified atom stereocenters. The van der Waals surface area contributed by atoms with Gasteiger partial charge in [0.15, 0.2) is 0 Å². The second kappa shape index (κ2) is 5.32. The van der Waals surface area contributed by atoms with Gasteiger partial charge in [-0.15, -0.1) is 0 Å². The molecule has 0 aliphatic heterocycles. The van der Waals surface area contributed by atoms with Crippen molar-refractivity contribution in [3.05, 3.63) is 77.9 Å². The van der Waals surface area contributed by atoms with Crippen LogP contribution in [0.1, 0.15) is 18.1 Å². The second-order valence-electron chi connectivity index (χ2n) is 3.84. The molecule has 0 saturated heterocycles. The molecule has 0 bridgehead atoms. The van der Waals surface area contributed by atoms with Crippen molar-refractivity contribution in [2.24, 2.45) is 0 Å². The van der Waals surface area contributed by atoms with E-state index in [4.69, 9.17) is 0 Å². The average Bonchev–Trinajstić information content (AvgIpc) is 2.38. The fraction of sp³-hybridized carbons (Fsp3) is 0.125. The van der Waals surface area contributed by atoms with Gasteiger partial charge < -0.3 is 0 Å². The highest BCUT2D eigenvalue weighted by molar-refractivity contribution is 5.67. The molecule has 80 valence electrons. The smallest absolute Gasteiger partial charge is 0.00231 e. The Morgan fingerprint density at radius 3 is 2.00 bits per heavy atom. The van der Waals surface area contributed by atoms with Gasteiger partial charge in [0.2, 0.25) is 0 Å². The van der Waals surface area contributed by atoms with Gasteiger partial charge in [0.1, 0.15) is 0 Å². The minimum atomic E-state index is 1.00. The summed E-state index contributed by atoms with van der Waals surface area (Å²) in [6, 6.07) is 21.1. The van der Waals surface area contributed by atoms with E-state index in [0.717, 1.165) is 6.42 Å². The number of benzene rings is 2. The largest absolute Gasteiger partial charge is 0.0835 e. The van der Waals surface area contributed by atoms with Crippen molar-refractivity contribution in [1.29, 1.82) is 0 Å². The van der Waals surface area contributed by atoms with Gasteiger partial charge in [-0.25, -0.2) is 0 Å². The molecular weight excluding hydrogens is 192 g/mol. The summed E-state index contributed by atoms with van der Waals surface area (Å²) in [5, 5.41) is 0. The number of rotatable bonds is 3. The molecule has 0 heterocycles. The van der Waals surface area contributed by atoms with Crippen LogP contribution in [-0.2, 0) is 6.42 Å². The third-order valence-corrected chi connectivity index (χ3v) is 2.73. The first kappa shape index (κ1) is 10.7. The van der Waals surface area contributed by atoms with Crippen LogP contribution < -0.4 is 0 Å². The van der Waals surface area contributed by atoms with Crippen LogP contribution in [0.25, 0.3) is 5.57 Å². The van der Waals surface area contributed by atoms with Crippen molar-refractivity contribution in [2.75, 3.05) is 0 Å². The van der Waals surface area contributed by atoms with Crippen molar-refractivity contribution < 1.29 is 0 Å². The molecule has 0 radical (unpaired) electrons. The first-order chi connectivity index (χ1) is 7.90. The molecule has 2 aromatic rings. The van der Waals surface area contributed by atoms with Crippen molar-refractivity contribution >= 4 is 5.57 Å². The molecule has 0 N–H and O–H groups in total. The molecule has 0 aromatic heterocycles. The summed E-state index contributed by atoms with van der Waals surface area (Å²) in [5.74, 6) is 0. The van der Waals surface area contributed by atoms with Crippen LogP contribution >= 0.6 is 0 Å². The number of hydrogen-bond acceptors (Lipinski definition) is 0. The van der Waals surface area contributed by atoms with Crippen molar-refractivity contribution in [3.63, 3.8) is 0 Å². The molecule has 0 heteroatoms. The second-order valence-corrected chi connectivity index (χ2v) is 3.84. The molecule has 2 aromatic carbocycles. The van der Waals surface area contributed by atoms with Gasteiger partial charge in [-0.05, 0) is 30.0 Å². The quantitative estimate of drug-likeness (QED) is 0.704. The van der Waals surface area contributed by atoms with E-state index >= 15 is 0 Å². The van der Waals surface area contributed by atoms with E-state index in [-0.39, 0.29) is 0 Å². The topological polar surface area (TPSA) is 0 Å². The molecule has 16 heavy (non-hydrogen) atoms. The highest BCUT2D eigenvalue weighted by Gasteiger charge is 2.00. The molecule has 2 rings (SSSR count). The van der Waals surface area contributed by atoms with E-state index in [1.807, 2.05) is 0 Å². The van der Waals surface area contributed by atoms with Gasteiger partial charge in [0, 0.05) is 0 Å². The van der Waals surface area contributed by atoms with Gasteiger partial charge in [-0.3, -0.25) is 0 Å². The lowest BCUT2D eigenvalue weighted by molar-refractivity contribution is 1.27. The van der Waals surface area contributed by atoms with Gasteiger partial charge in [-0.1, -0.05) is 66.7 Å². The first-order valence-corrected chi connectivity index (χ1v) is 5.64. The first-order valence-electron chi connectivity index (χ1n) is 5.64. The molecular formula is C16H16. The molecule has 0 nitrogen and oxygen atoms in total. The Morgan fingerprint density at radius 1 is 0.875 bits per heavy atom. The minimum absolute atomic E-state index is 1.00. The van der Waals surface area contributed by atoms with Crippen molar-refractivity contribution in [1.82, 2.24) is 0 Å². The molecule has 0 amide bonds. The average molecular weight is 208 g/mol. The van der Waals surface area contributed by atoms with Crippen molar-refractivity contribution in [2.45, 2.75) is 13.3 Å². The van der Waals surface area contributed by atoms with Crippen LogP contribution in [-0.4, -0.2) is 0 Å². The maximum Gasteiger partial charge on any atom is -0.00231 e. The van der Waals surface area contributed by atoms with Gasteiger partial charge in [0.25, 0.3) is 0 Å². The lowest BCUT2D eigenvalue weighted by atomic mass is 9.98. The number of allylic oxidation sites excluding steroid dienone is 2. The summed E-state index contributed by atoms with van der Waals surface area (Å²) >= 11 is 0. The highest BCUT2D eigenvalue weighted by Crippen LogP contribution is 2.19.